The summed E-state index contributed by atoms with van der Waals surface area (Å²) in [6, 6.07) is 64.4. The fourth-order valence-corrected chi connectivity index (χ4v) is 7.39. The predicted molar refractivity (Wildman–Crippen MR) is 206 cm³/mol. The number of aromatic nitrogens is 3. The topological polar surface area (TPSA) is 34.0 Å². The Hall–Kier alpha value is -6.78. The first-order chi connectivity index (χ1) is 24.8. The fourth-order valence-electron chi connectivity index (χ4n) is 7.39. The Morgan fingerprint density at radius 3 is 1.88 bits per heavy atom. The van der Waals surface area contributed by atoms with E-state index < -0.39 is 0 Å². The number of pyridine rings is 1. The van der Waals surface area contributed by atoms with E-state index in [9.17, 15) is 0 Å². The minimum atomic E-state index is 0.857. The van der Waals surface area contributed by atoms with Gasteiger partial charge < -0.3 is 0 Å². The van der Waals surface area contributed by atoms with Crippen LogP contribution >= 0.6 is 0 Å². The van der Waals surface area contributed by atoms with Crippen molar-refractivity contribution in [3.8, 4) is 50.5 Å². The minimum Gasteiger partial charge on any atom is -0.280 e. The zero-order valence-corrected chi connectivity index (χ0v) is 27.1. The van der Waals surface area contributed by atoms with Crippen LogP contribution < -0.4 is 4.90 Å². The molecule has 0 N–H and O–H groups in total. The van der Waals surface area contributed by atoms with Crippen LogP contribution in [0, 0.1) is 0 Å². The van der Waals surface area contributed by atoms with E-state index in [0.29, 0.717) is 0 Å². The highest BCUT2D eigenvalue weighted by Gasteiger charge is 2.30. The van der Waals surface area contributed by atoms with E-state index in [4.69, 9.17) is 9.97 Å². The van der Waals surface area contributed by atoms with E-state index in [0.717, 1.165) is 73.2 Å². The van der Waals surface area contributed by atoms with Gasteiger partial charge in [-0.15, -0.1) is 0 Å². The maximum absolute atomic E-state index is 5.36. The highest BCUT2D eigenvalue weighted by Crippen LogP contribution is 2.49. The summed E-state index contributed by atoms with van der Waals surface area (Å²) in [4.78, 5) is 12.8. The van der Waals surface area contributed by atoms with E-state index in [1.807, 2.05) is 12.1 Å². The van der Waals surface area contributed by atoms with Gasteiger partial charge in [-0.05, 0) is 59.0 Å². The molecule has 0 bridgehead atoms. The number of fused-ring (bicyclic) bond motifs is 9. The van der Waals surface area contributed by atoms with E-state index in [1.54, 1.807) is 0 Å². The van der Waals surface area contributed by atoms with Crippen molar-refractivity contribution in [2.45, 2.75) is 0 Å². The monoisotopic (exact) mass is 638 g/mol. The molecule has 2 aromatic heterocycles. The highest BCUT2D eigenvalue weighted by molar-refractivity contribution is 6.05. The first-order valence-corrected chi connectivity index (χ1v) is 16.9. The molecule has 4 nitrogen and oxygen atoms in total. The molecular weight excluding hydrogens is 609 g/mol. The van der Waals surface area contributed by atoms with Crippen molar-refractivity contribution in [2.24, 2.45) is 0 Å². The van der Waals surface area contributed by atoms with Crippen molar-refractivity contribution >= 4 is 39.1 Å². The molecule has 7 aromatic carbocycles. The van der Waals surface area contributed by atoms with Crippen LogP contribution in [0.15, 0.2) is 182 Å². The van der Waals surface area contributed by atoms with Gasteiger partial charge in [0.05, 0.1) is 33.8 Å². The van der Waals surface area contributed by atoms with Crippen LogP contribution in [-0.2, 0) is 0 Å². The summed E-state index contributed by atoms with van der Waals surface area (Å²) < 4.78 is 2.35. The Bertz CT molecular complexity index is 2650. The summed E-state index contributed by atoms with van der Waals surface area (Å²) in [5.74, 6) is 0.857. The molecule has 0 saturated carbocycles. The number of para-hydroxylation sites is 3. The molecule has 1 aliphatic heterocycles. The third-order valence-electron chi connectivity index (χ3n) is 9.70. The second-order valence-corrected chi connectivity index (χ2v) is 12.7. The number of anilines is 3. The summed E-state index contributed by atoms with van der Waals surface area (Å²) >= 11 is 0. The zero-order chi connectivity index (χ0) is 33.0. The van der Waals surface area contributed by atoms with Crippen LogP contribution in [0.3, 0.4) is 0 Å². The van der Waals surface area contributed by atoms with E-state index in [1.165, 1.54) is 16.3 Å². The maximum Gasteiger partial charge on any atom is 0.220 e. The summed E-state index contributed by atoms with van der Waals surface area (Å²) in [5, 5.41) is 2.39. The standard InChI is InChI=1S/C46H30N4/c1-3-15-32(16-4-1)41-29-35(30-42(47-41)33-17-5-2-6-18-33)34-19-13-20-36(28-34)49-43-24-11-9-22-38(43)39-27-26-31-14-7-8-21-37(31)45(39)50-44-25-12-10-23-40(44)48-46(49)50/h1-30H. The molecule has 3 heterocycles. The molecule has 0 spiro atoms. The van der Waals surface area contributed by atoms with Crippen molar-refractivity contribution < 1.29 is 0 Å². The molecule has 0 amide bonds. The Kier molecular flexibility index (Phi) is 6.46. The van der Waals surface area contributed by atoms with Crippen molar-refractivity contribution in [1.29, 1.82) is 0 Å². The largest absolute Gasteiger partial charge is 0.280 e. The van der Waals surface area contributed by atoms with Gasteiger partial charge in [0, 0.05) is 33.3 Å². The summed E-state index contributed by atoms with van der Waals surface area (Å²) in [5.41, 5.74) is 13.9. The number of imidazole rings is 1. The van der Waals surface area contributed by atoms with Gasteiger partial charge >= 0.3 is 0 Å². The van der Waals surface area contributed by atoms with Crippen LogP contribution in [0.1, 0.15) is 0 Å². The van der Waals surface area contributed by atoms with E-state index >= 15 is 0 Å². The summed E-state index contributed by atoms with van der Waals surface area (Å²) in [6.45, 7) is 0. The van der Waals surface area contributed by atoms with Gasteiger partial charge in [-0.3, -0.25) is 9.47 Å². The summed E-state index contributed by atoms with van der Waals surface area (Å²) in [6.07, 6.45) is 0. The average molecular weight is 639 g/mol. The van der Waals surface area contributed by atoms with Crippen LogP contribution in [0.5, 0.6) is 0 Å². The van der Waals surface area contributed by atoms with Gasteiger partial charge in [-0.1, -0.05) is 140 Å². The van der Waals surface area contributed by atoms with Gasteiger partial charge in [0.25, 0.3) is 0 Å². The Morgan fingerprint density at radius 1 is 0.420 bits per heavy atom. The molecule has 0 atom stereocenters. The quantitative estimate of drug-likeness (QED) is 0.192. The molecule has 9 aromatic rings. The van der Waals surface area contributed by atoms with Gasteiger partial charge in [0.1, 0.15) is 0 Å². The minimum absolute atomic E-state index is 0.857. The van der Waals surface area contributed by atoms with Crippen molar-refractivity contribution in [2.75, 3.05) is 4.90 Å². The Balaban J connectivity index is 1.23. The second kappa shape index (κ2) is 11.4. The number of rotatable bonds is 4. The molecule has 0 fully saturated rings. The Morgan fingerprint density at radius 2 is 1.08 bits per heavy atom. The fraction of sp³-hybridized carbons (Fsp3) is 0. The third kappa shape index (κ3) is 4.54. The van der Waals surface area contributed by atoms with Crippen molar-refractivity contribution in [1.82, 2.24) is 14.5 Å². The smallest absolute Gasteiger partial charge is 0.220 e. The van der Waals surface area contributed by atoms with Gasteiger partial charge in [0.2, 0.25) is 5.95 Å². The number of hydrogen-bond acceptors (Lipinski definition) is 3. The lowest BCUT2D eigenvalue weighted by Gasteiger charge is -2.25. The molecule has 0 radical (unpaired) electrons. The normalized spacial score (nSPS) is 12.0. The second-order valence-electron chi connectivity index (χ2n) is 12.7. The van der Waals surface area contributed by atoms with Gasteiger partial charge in [0.15, 0.2) is 0 Å². The van der Waals surface area contributed by atoms with Gasteiger partial charge in [-0.25, -0.2) is 9.97 Å². The van der Waals surface area contributed by atoms with Crippen LogP contribution in [0.25, 0.3) is 72.3 Å². The highest BCUT2D eigenvalue weighted by atomic mass is 15.3. The molecule has 1 aliphatic rings. The average Bonchev–Trinajstić information content (AvgIpc) is 3.51. The van der Waals surface area contributed by atoms with Gasteiger partial charge in [-0.2, -0.15) is 0 Å². The molecule has 50 heavy (non-hydrogen) atoms. The molecule has 4 heteroatoms. The SMILES string of the molecule is c1ccc(-c2cc(-c3cccc(N4c5ccccc5-c5ccc6ccccc6c5-n5c4nc4ccccc45)c3)cc(-c3ccccc3)n2)cc1. The lowest BCUT2D eigenvalue weighted by Crippen LogP contribution is -2.14. The number of nitrogens with zero attached hydrogens (tertiary/aromatic N) is 4. The van der Waals surface area contributed by atoms with Crippen LogP contribution in [0.2, 0.25) is 0 Å². The number of benzene rings is 7. The molecule has 0 unspecified atom stereocenters. The maximum atomic E-state index is 5.36. The van der Waals surface area contributed by atoms with Crippen LogP contribution in [-0.4, -0.2) is 14.5 Å². The first kappa shape index (κ1) is 28.3. The molecule has 234 valence electrons. The molecule has 10 rings (SSSR count). The van der Waals surface area contributed by atoms with Crippen LogP contribution in [0.4, 0.5) is 17.3 Å². The summed E-state index contributed by atoms with van der Waals surface area (Å²) in [7, 11) is 0. The van der Waals surface area contributed by atoms with Crippen molar-refractivity contribution in [3.63, 3.8) is 0 Å². The Labute approximate surface area is 290 Å². The zero-order valence-electron chi connectivity index (χ0n) is 27.1. The predicted octanol–water partition coefficient (Wildman–Crippen LogP) is 12.0. The first-order valence-electron chi connectivity index (χ1n) is 16.9. The van der Waals surface area contributed by atoms with E-state index in [-0.39, 0.29) is 0 Å². The van der Waals surface area contributed by atoms with E-state index in [2.05, 4.69) is 179 Å². The lowest BCUT2D eigenvalue weighted by molar-refractivity contribution is 1.06. The third-order valence-corrected chi connectivity index (χ3v) is 9.70. The lowest BCUT2D eigenvalue weighted by atomic mass is 9.96. The van der Waals surface area contributed by atoms with Crippen molar-refractivity contribution in [3.05, 3.63) is 182 Å². The molecular formula is C46H30N4. The molecule has 0 aliphatic carbocycles. The number of hydrogen-bond donors (Lipinski definition) is 0. The molecule has 0 saturated heterocycles.